The second kappa shape index (κ2) is 7.93. The second-order valence-corrected chi connectivity index (χ2v) is 6.60. The molecule has 2 aliphatic carbocycles. The first-order valence-electron chi connectivity index (χ1n) is 8.43. The standard InChI is InChI=1S/C18H29F/c1-2-3-4-15-5-7-16(8-6-15)9-10-17-11-13-18(19)14-12-17/h15-18H,2-8,11-14H2,1H3. The molecule has 0 spiro atoms. The van der Waals surface area contributed by atoms with Crippen molar-refractivity contribution in [3.8, 4) is 11.8 Å². The van der Waals surface area contributed by atoms with Crippen molar-refractivity contribution in [2.75, 3.05) is 0 Å². The Bertz CT molecular complexity index is 295. The monoisotopic (exact) mass is 264 g/mol. The van der Waals surface area contributed by atoms with E-state index in [0.717, 1.165) is 31.6 Å². The van der Waals surface area contributed by atoms with E-state index in [-0.39, 0.29) is 0 Å². The molecule has 2 saturated carbocycles. The largest absolute Gasteiger partial charge is 0.247 e. The van der Waals surface area contributed by atoms with Gasteiger partial charge in [-0.2, -0.15) is 0 Å². The number of rotatable bonds is 3. The lowest BCUT2D eigenvalue weighted by atomic mass is 9.79. The molecule has 0 aromatic heterocycles. The zero-order valence-electron chi connectivity index (χ0n) is 12.5. The third-order valence-corrected chi connectivity index (χ3v) is 4.96. The van der Waals surface area contributed by atoms with Gasteiger partial charge in [0.2, 0.25) is 0 Å². The molecular formula is C18H29F. The Labute approximate surface area is 118 Å². The van der Waals surface area contributed by atoms with E-state index < -0.39 is 6.17 Å². The average molecular weight is 264 g/mol. The molecule has 0 atom stereocenters. The van der Waals surface area contributed by atoms with Gasteiger partial charge in [0.05, 0.1) is 0 Å². The number of hydrogen-bond acceptors (Lipinski definition) is 0. The van der Waals surface area contributed by atoms with Gasteiger partial charge in [-0.1, -0.05) is 38.0 Å². The fourth-order valence-corrected chi connectivity index (χ4v) is 3.52. The van der Waals surface area contributed by atoms with Crippen LogP contribution in [0.25, 0.3) is 0 Å². The molecule has 0 heterocycles. The number of alkyl halides is 1. The Kier molecular flexibility index (Phi) is 6.21. The first-order valence-corrected chi connectivity index (χ1v) is 8.43. The maximum Gasteiger partial charge on any atom is 0.100 e. The molecule has 0 N–H and O–H groups in total. The van der Waals surface area contributed by atoms with E-state index in [9.17, 15) is 4.39 Å². The van der Waals surface area contributed by atoms with Gasteiger partial charge in [-0.3, -0.25) is 0 Å². The van der Waals surface area contributed by atoms with Gasteiger partial charge in [-0.15, -0.1) is 0 Å². The molecule has 0 bridgehead atoms. The van der Waals surface area contributed by atoms with Crippen LogP contribution >= 0.6 is 0 Å². The zero-order valence-corrected chi connectivity index (χ0v) is 12.5. The molecule has 108 valence electrons. The smallest absolute Gasteiger partial charge is 0.100 e. The molecule has 0 amide bonds. The number of unbranched alkanes of at least 4 members (excludes halogenated alkanes) is 1. The molecule has 1 heteroatoms. The van der Waals surface area contributed by atoms with Gasteiger partial charge >= 0.3 is 0 Å². The summed E-state index contributed by atoms with van der Waals surface area (Å²) in [5.74, 6) is 9.07. The average Bonchev–Trinajstić information content (AvgIpc) is 2.46. The van der Waals surface area contributed by atoms with E-state index in [2.05, 4.69) is 18.8 Å². The molecule has 0 radical (unpaired) electrons. The summed E-state index contributed by atoms with van der Waals surface area (Å²) < 4.78 is 13.0. The Balaban J connectivity index is 1.68. The highest BCUT2D eigenvalue weighted by Crippen LogP contribution is 2.32. The van der Waals surface area contributed by atoms with Crippen LogP contribution in [-0.4, -0.2) is 6.17 Å². The molecule has 2 aliphatic rings. The molecule has 2 rings (SSSR count). The van der Waals surface area contributed by atoms with Crippen LogP contribution in [0.3, 0.4) is 0 Å². The van der Waals surface area contributed by atoms with Crippen LogP contribution in [0.4, 0.5) is 4.39 Å². The van der Waals surface area contributed by atoms with Crippen LogP contribution in [0, 0.1) is 29.6 Å². The highest BCUT2D eigenvalue weighted by Gasteiger charge is 2.21. The Morgan fingerprint density at radius 1 is 0.842 bits per heavy atom. The minimum Gasteiger partial charge on any atom is -0.247 e. The molecule has 0 unspecified atom stereocenters. The van der Waals surface area contributed by atoms with Crippen molar-refractivity contribution in [1.82, 2.24) is 0 Å². The van der Waals surface area contributed by atoms with Gasteiger partial charge in [-0.25, -0.2) is 4.39 Å². The minimum absolute atomic E-state index is 0.491. The quantitative estimate of drug-likeness (QED) is 0.589. The highest BCUT2D eigenvalue weighted by molar-refractivity contribution is 5.09. The lowest BCUT2D eigenvalue weighted by Crippen LogP contribution is -2.15. The van der Waals surface area contributed by atoms with Gasteiger partial charge in [0.25, 0.3) is 0 Å². The summed E-state index contributed by atoms with van der Waals surface area (Å²) in [7, 11) is 0. The summed E-state index contributed by atoms with van der Waals surface area (Å²) in [6, 6.07) is 0. The maximum atomic E-state index is 13.0. The summed E-state index contributed by atoms with van der Waals surface area (Å²) >= 11 is 0. The maximum absolute atomic E-state index is 13.0. The second-order valence-electron chi connectivity index (χ2n) is 6.60. The summed E-state index contributed by atoms with van der Waals surface area (Å²) in [5.41, 5.74) is 0. The van der Waals surface area contributed by atoms with E-state index in [0.29, 0.717) is 11.8 Å². The van der Waals surface area contributed by atoms with Crippen LogP contribution in [0.1, 0.15) is 77.6 Å². The SMILES string of the molecule is CCCCC1CCC(C#CC2CCC(F)CC2)CC1. The minimum atomic E-state index is -0.549. The van der Waals surface area contributed by atoms with Crippen molar-refractivity contribution in [2.45, 2.75) is 83.7 Å². The molecule has 0 aliphatic heterocycles. The van der Waals surface area contributed by atoms with Crippen molar-refractivity contribution in [1.29, 1.82) is 0 Å². The van der Waals surface area contributed by atoms with Crippen molar-refractivity contribution >= 4 is 0 Å². The normalized spacial score (nSPS) is 35.5. The fourth-order valence-electron chi connectivity index (χ4n) is 3.52. The molecule has 2 fully saturated rings. The summed E-state index contributed by atoms with van der Waals surface area (Å²) in [6.07, 6.45) is 12.4. The topological polar surface area (TPSA) is 0 Å². The Hall–Kier alpha value is -0.510. The fraction of sp³-hybridized carbons (Fsp3) is 0.889. The van der Waals surface area contributed by atoms with E-state index in [4.69, 9.17) is 0 Å². The summed E-state index contributed by atoms with van der Waals surface area (Å²) in [6.45, 7) is 2.28. The lowest BCUT2D eigenvalue weighted by Gasteiger charge is -2.26. The summed E-state index contributed by atoms with van der Waals surface area (Å²) in [4.78, 5) is 0. The van der Waals surface area contributed by atoms with Gasteiger partial charge in [0.15, 0.2) is 0 Å². The van der Waals surface area contributed by atoms with Crippen molar-refractivity contribution in [3.05, 3.63) is 0 Å². The molecular weight excluding hydrogens is 235 g/mol. The van der Waals surface area contributed by atoms with Crippen LogP contribution in [0.2, 0.25) is 0 Å². The lowest BCUT2D eigenvalue weighted by molar-refractivity contribution is 0.229. The summed E-state index contributed by atoms with van der Waals surface area (Å²) in [5, 5.41) is 0. The Morgan fingerprint density at radius 2 is 1.37 bits per heavy atom. The Morgan fingerprint density at radius 3 is 1.89 bits per heavy atom. The third-order valence-electron chi connectivity index (χ3n) is 4.96. The number of halogens is 1. The molecule has 0 nitrogen and oxygen atoms in total. The van der Waals surface area contributed by atoms with Gasteiger partial charge in [0, 0.05) is 11.8 Å². The molecule has 19 heavy (non-hydrogen) atoms. The van der Waals surface area contributed by atoms with Gasteiger partial charge in [-0.05, 0) is 57.3 Å². The molecule has 0 aromatic rings. The van der Waals surface area contributed by atoms with Crippen LogP contribution in [0.15, 0.2) is 0 Å². The van der Waals surface area contributed by atoms with Crippen molar-refractivity contribution in [3.63, 3.8) is 0 Å². The molecule has 0 saturated heterocycles. The van der Waals surface area contributed by atoms with E-state index in [1.807, 2.05) is 0 Å². The van der Waals surface area contributed by atoms with E-state index >= 15 is 0 Å². The van der Waals surface area contributed by atoms with Crippen LogP contribution in [0.5, 0.6) is 0 Å². The highest BCUT2D eigenvalue weighted by atomic mass is 19.1. The molecule has 0 aromatic carbocycles. The van der Waals surface area contributed by atoms with Gasteiger partial charge in [0.1, 0.15) is 6.17 Å². The third kappa shape index (κ3) is 5.17. The van der Waals surface area contributed by atoms with Crippen LogP contribution < -0.4 is 0 Å². The van der Waals surface area contributed by atoms with E-state index in [1.165, 1.54) is 44.9 Å². The van der Waals surface area contributed by atoms with Crippen molar-refractivity contribution < 1.29 is 4.39 Å². The first-order chi connectivity index (χ1) is 9.28. The predicted molar refractivity (Wildman–Crippen MR) is 79.6 cm³/mol. The van der Waals surface area contributed by atoms with Gasteiger partial charge < -0.3 is 0 Å². The van der Waals surface area contributed by atoms with Crippen LogP contribution in [-0.2, 0) is 0 Å². The van der Waals surface area contributed by atoms with Crippen molar-refractivity contribution in [2.24, 2.45) is 17.8 Å². The van der Waals surface area contributed by atoms with E-state index in [1.54, 1.807) is 0 Å². The first kappa shape index (κ1) is 14.9. The predicted octanol–water partition coefficient (Wildman–Crippen LogP) is 5.51. The zero-order chi connectivity index (χ0) is 13.5. The number of hydrogen-bond donors (Lipinski definition) is 0.